The van der Waals surface area contributed by atoms with Gasteiger partial charge >= 0.3 is 0 Å². The van der Waals surface area contributed by atoms with Gasteiger partial charge in [0.1, 0.15) is 0 Å². The van der Waals surface area contributed by atoms with Gasteiger partial charge in [0.25, 0.3) is 5.69 Å². The lowest BCUT2D eigenvalue weighted by Crippen LogP contribution is -2.05. The summed E-state index contributed by atoms with van der Waals surface area (Å²) in [6.07, 6.45) is 1.73. The standard InChI is InChI=1S/C10H9NO3/c12-10(7-5-6-7)8-3-1-2-4-9(8)11(13)14/h1-4,7H,5-6H2. The predicted octanol–water partition coefficient (Wildman–Crippen LogP) is 2.19. The zero-order chi connectivity index (χ0) is 10.1. The maximum Gasteiger partial charge on any atom is 0.280 e. The van der Waals surface area contributed by atoms with Crippen molar-refractivity contribution in [1.82, 2.24) is 0 Å². The number of rotatable bonds is 3. The Kier molecular flexibility index (Phi) is 2.04. The molecule has 0 spiro atoms. The number of carbonyl (C=O) groups excluding carboxylic acids is 1. The lowest BCUT2D eigenvalue weighted by atomic mass is 10.1. The summed E-state index contributed by atoms with van der Waals surface area (Å²) < 4.78 is 0. The smallest absolute Gasteiger partial charge is 0.280 e. The Morgan fingerprint density at radius 1 is 1.36 bits per heavy atom. The van der Waals surface area contributed by atoms with E-state index >= 15 is 0 Å². The number of benzene rings is 1. The highest BCUT2D eigenvalue weighted by Gasteiger charge is 2.33. The summed E-state index contributed by atoms with van der Waals surface area (Å²) >= 11 is 0. The molecule has 0 atom stereocenters. The van der Waals surface area contributed by atoms with E-state index in [0.29, 0.717) is 0 Å². The Labute approximate surface area is 80.7 Å². The zero-order valence-electron chi connectivity index (χ0n) is 7.47. The van der Waals surface area contributed by atoms with Crippen molar-refractivity contribution in [3.8, 4) is 0 Å². The van der Waals surface area contributed by atoms with Crippen LogP contribution >= 0.6 is 0 Å². The van der Waals surface area contributed by atoms with Crippen LogP contribution in [0.25, 0.3) is 0 Å². The predicted molar refractivity (Wildman–Crippen MR) is 50.2 cm³/mol. The number of ketones is 1. The van der Waals surface area contributed by atoms with Gasteiger partial charge in [-0.1, -0.05) is 12.1 Å². The maximum absolute atomic E-state index is 11.6. The van der Waals surface area contributed by atoms with Crippen LogP contribution in [0, 0.1) is 16.0 Å². The molecule has 0 bridgehead atoms. The molecule has 1 aliphatic carbocycles. The van der Waals surface area contributed by atoms with Crippen LogP contribution in [0.1, 0.15) is 23.2 Å². The first-order chi connectivity index (χ1) is 6.70. The molecule has 0 aromatic heterocycles. The third-order valence-electron chi connectivity index (χ3n) is 2.31. The quantitative estimate of drug-likeness (QED) is 0.418. The first-order valence-electron chi connectivity index (χ1n) is 4.48. The summed E-state index contributed by atoms with van der Waals surface area (Å²) in [6.45, 7) is 0. The van der Waals surface area contributed by atoms with E-state index in [1.165, 1.54) is 12.1 Å². The number of carbonyl (C=O) groups is 1. The SMILES string of the molecule is O=C(c1ccccc1[N+](=O)[O-])C1CC1. The second-order valence-electron chi connectivity index (χ2n) is 3.41. The molecule has 1 saturated carbocycles. The number of nitro groups is 1. The summed E-state index contributed by atoms with van der Waals surface area (Å²) in [5.41, 5.74) is 0.171. The summed E-state index contributed by atoms with van der Waals surface area (Å²) in [4.78, 5) is 21.7. The monoisotopic (exact) mass is 191 g/mol. The molecular weight excluding hydrogens is 182 g/mol. The summed E-state index contributed by atoms with van der Waals surface area (Å²) in [5, 5.41) is 10.6. The van der Waals surface area contributed by atoms with Gasteiger partial charge in [0, 0.05) is 12.0 Å². The van der Waals surface area contributed by atoms with Crippen molar-refractivity contribution in [3.05, 3.63) is 39.9 Å². The molecule has 0 N–H and O–H groups in total. The Bertz CT molecular complexity index is 396. The van der Waals surface area contributed by atoms with Gasteiger partial charge in [-0.15, -0.1) is 0 Å². The van der Waals surface area contributed by atoms with Crippen LogP contribution in [-0.2, 0) is 0 Å². The van der Waals surface area contributed by atoms with E-state index in [-0.39, 0.29) is 23.0 Å². The highest BCUT2D eigenvalue weighted by atomic mass is 16.6. The van der Waals surface area contributed by atoms with E-state index in [9.17, 15) is 14.9 Å². The molecule has 1 fully saturated rings. The van der Waals surface area contributed by atoms with Gasteiger partial charge in [-0.25, -0.2) is 0 Å². The fourth-order valence-electron chi connectivity index (χ4n) is 1.41. The van der Waals surface area contributed by atoms with Crippen molar-refractivity contribution in [2.45, 2.75) is 12.8 Å². The van der Waals surface area contributed by atoms with Crippen molar-refractivity contribution in [2.24, 2.45) is 5.92 Å². The molecule has 1 aliphatic rings. The first-order valence-corrected chi connectivity index (χ1v) is 4.48. The molecule has 14 heavy (non-hydrogen) atoms. The number of hydrogen-bond acceptors (Lipinski definition) is 3. The van der Waals surface area contributed by atoms with E-state index in [2.05, 4.69) is 0 Å². The number of para-hydroxylation sites is 1. The molecule has 0 aliphatic heterocycles. The topological polar surface area (TPSA) is 60.2 Å². The van der Waals surface area contributed by atoms with E-state index in [1.807, 2.05) is 0 Å². The lowest BCUT2D eigenvalue weighted by molar-refractivity contribution is -0.385. The average Bonchev–Trinajstić information content (AvgIpc) is 3.00. The van der Waals surface area contributed by atoms with Crippen LogP contribution in [0.2, 0.25) is 0 Å². The van der Waals surface area contributed by atoms with Crippen molar-refractivity contribution < 1.29 is 9.72 Å². The van der Waals surface area contributed by atoms with Crippen LogP contribution in [0.3, 0.4) is 0 Å². The molecule has 2 rings (SSSR count). The van der Waals surface area contributed by atoms with Crippen LogP contribution in [0.4, 0.5) is 5.69 Å². The minimum atomic E-state index is -0.504. The highest BCUT2D eigenvalue weighted by Crippen LogP contribution is 2.34. The molecule has 1 aromatic carbocycles. The van der Waals surface area contributed by atoms with Gasteiger partial charge in [0.2, 0.25) is 0 Å². The van der Waals surface area contributed by atoms with E-state index in [0.717, 1.165) is 12.8 Å². The second-order valence-corrected chi connectivity index (χ2v) is 3.41. The highest BCUT2D eigenvalue weighted by molar-refractivity contribution is 6.02. The number of nitro benzene ring substituents is 1. The molecule has 0 amide bonds. The van der Waals surface area contributed by atoms with Crippen molar-refractivity contribution >= 4 is 11.5 Å². The van der Waals surface area contributed by atoms with Crippen molar-refractivity contribution in [2.75, 3.05) is 0 Å². The Morgan fingerprint density at radius 2 is 2.00 bits per heavy atom. The number of hydrogen-bond donors (Lipinski definition) is 0. The molecule has 0 heterocycles. The van der Waals surface area contributed by atoms with E-state index < -0.39 is 4.92 Å². The van der Waals surface area contributed by atoms with Gasteiger partial charge in [-0.3, -0.25) is 14.9 Å². The van der Waals surface area contributed by atoms with Gasteiger partial charge in [-0.05, 0) is 18.9 Å². The van der Waals surface area contributed by atoms with Gasteiger partial charge < -0.3 is 0 Å². The summed E-state index contributed by atoms with van der Waals surface area (Å²) in [7, 11) is 0. The van der Waals surface area contributed by atoms with Crippen molar-refractivity contribution in [3.63, 3.8) is 0 Å². The first kappa shape index (κ1) is 8.87. The van der Waals surface area contributed by atoms with Crippen LogP contribution < -0.4 is 0 Å². The normalized spacial score (nSPS) is 15.1. The third kappa shape index (κ3) is 1.51. The Hall–Kier alpha value is -1.71. The zero-order valence-corrected chi connectivity index (χ0v) is 7.47. The van der Waals surface area contributed by atoms with Gasteiger partial charge in [0.05, 0.1) is 10.5 Å². The van der Waals surface area contributed by atoms with Crippen LogP contribution in [0.15, 0.2) is 24.3 Å². The van der Waals surface area contributed by atoms with E-state index in [4.69, 9.17) is 0 Å². The van der Waals surface area contributed by atoms with Crippen LogP contribution in [0.5, 0.6) is 0 Å². The minimum Gasteiger partial charge on any atom is -0.294 e. The fourth-order valence-corrected chi connectivity index (χ4v) is 1.41. The molecule has 0 saturated heterocycles. The third-order valence-corrected chi connectivity index (χ3v) is 2.31. The molecule has 0 unspecified atom stereocenters. The van der Waals surface area contributed by atoms with Gasteiger partial charge in [-0.2, -0.15) is 0 Å². The van der Waals surface area contributed by atoms with E-state index in [1.54, 1.807) is 12.1 Å². The lowest BCUT2D eigenvalue weighted by Gasteiger charge is -1.99. The second kappa shape index (κ2) is 3.21. The molecule has 4 heteroatoms. The number of nitrogens with zero attached hydrogens (tertiary/aromatic N) is 1. The summed E-state index contributed by atoms with van der Waals surface area (Å²) in [5.74, 6) is -0.0617. The van der Waals surface area contributed by atoms with Crippen LogP contribution in [-0.4, -0.2) is 10.7 Å². The molecule has 1 aromatic rings. The Balaban J connectivity index is 2.40. The van der Waals surface area contributed by atoms with Gasteiger partial charge in [0.15, 0.2) is 5.78 Å². The average molecular weight is 191 g/mol. The molecular formula is C10H9NO3. The molecule has 4 nitrogen and oxygen atoms in total. The molecule has 0 radical (unpaired) electrons. The number of Topliss-reactive ketones (excluding diaryl/α,β-unsaturated/α-hetero) is 1. The van der Waals surface area contributed by atoms with Crippen molar-refractivity contribution in [1.29, 1.82) is 0 Å². The minimum absolute atomic E-state index is 0.0242. The molecule has 72 valence electrons. The largest absolute Gasteiger partial charge is 0.294 e. The maximum atomic E-state index is 11.6. The fraction of sp³-hybridized carbons (Fsp3) is 0.300. The summed E-state index contributed by atoms with van der Waals surface area (Å²) in [6, 6.07) is 6.12. The Morgan fingerprint density at radius 3 is 2.57 bits per heavy atom.